The van der Waals surface area contributed by atoms with Crippen molar-refractivity contribution >= 4 is 28.8 Å². The van der Waals surface area contributed by atoms with Gasteiger partial charge >= 0.3 is 0 Å². The van der Waals surface area contributed by atoms with Gasteiger partial charge in [0.25, 0.3) is 5.91 Å². The molecule has 1 N–H and O–H groups in total. The summed E-state index contributed by atoms with van der Waals surface area (Å²) in [5, 5.41) is 11.8. The van der Waals surface area contributed by atoms with Crippen molar-refractivity contribution in [3.05, 3.63) is 60.2 Å². The van der Waals surface area contributed by atoms with Gasteiger partial charge in [-0.1, -0.05) is 35.5 Å². The normalized spacial score (nSPS) is 16.4. The van der Waals surface area contributed by atoms with Crippen LogP contribution in [0.1, 0.15) is 10.4 Å². The first-order chi connectivity index (χ1) is 9.74. The van der Waals surface area contributed by atoms with Crippen molar-refractivity contribution in [1.82, 2.24) is 0 Å². The van der Waals surface area contributed by atoms with E-state index in [-0.39, 0.29) is 0 Å². The van der Waals surface area contributed by atoms with Crippen LogP contribution >= 0.6 is 0 Å². The average Bonchev–Trinajstić information content (AvgIpc) is 2.49. The minimum Gasteiger partial charge on any atom is -0.410 e. The Morgan fingerprint density at radius 2 is 1.55 bits per heavy atom. The van der Waals surface area contributed by atoms with Gasteiger partial charge in [-0.25, -0.2) is 0 Å². The highest BCUT2D eigenvalue weighted by molar-refractivity contribution is 6.73. The second-order valence-electron chi connectivity index (χ2n) is 4.27. The molecule has 2 aromatic carbocycles. The summed E-state index contributed by atoms with van der Waals surface area (Å²) in [7, 11) is 0. The molecule has 0 atom stereocenters. The molecule has 0 saturated heterocycles. The van der Waals surface area contributed by atoms with Crippen molar-refractivity contribution in [2.24, 2.45) is 5.16 Å². The highest BCUT2D eigenvalue weighted by atomic mass is 16.4. The maximum absolute atomic E-state index is 12.3. The zero-order valence-electron chi connectivity index (χ0n) is 10.4. The molecule has 0 saturated carbocycles. The van der Waals surface area contributed by atoms with Crippen molar-refractivity contribution in [1.29, 1.82) is 0 Å². The lowest BCUT2D eigenvalue weighted by Gasteiger charge is -2.28. The fourth-order valence-electron chi connectivity index (χ4n) is 2.22. The third-order valence-electron chi connectivity index (χ3n) is 3.12. The Balaban J connectivity index is 2.26. The van der Waals surface area contributed by atoms with E-state index in [0.29, 0.717) is 16.9 Å². The van der Waals surface area contributed by atoms with Crippen LogP contribution in [0.15, 0.2) is 59.8 Å². The number of anilines is 2. The molecule has 3 rings (SSSR count). The fourth-order valence-corrected chi connectivity index (χ4v) is 2.22. The number of hydrogen-bond acceptors (Lipinski definition) is 4. The number of benzene rings is 2. The molecule has 0 radical (unpaired) electrons. The van der Waals surface area contributed by atoms with Gasteiger partial charge < -0.3 is 5.21 Å². The summed E-state index contributed by atoms with van der Waals surface area (Å²) in [6, 6.07) is 15.6. The van der Waals surface area contributed by atoms with E-state index in [1.807, 2.05) is 6.07 Å². The number of oxime groups is 1. The Labute approximate surface area is 114 Å². The van der Waals surface area contributed by atoms with Crippen LogP contribution in [-0.2, 0) is 4.79 Å². The van der Waals surface area contributed by atoms with Gasteiger partial charge in [0.2, 0.25) is 11.5 Å². The second kappa shape index (κ2) is 4.62. The molecule has 0 aliphatic carbocycles. The van der Waals surface area contributed by atoms with E-state index in [1.54, 1.807) is 48.5 Å². The van der Waals surface area contributed by atoms with Crippen LogP contribution in [0.3, 0.4) is 0 Å². The number of rotatable bonds is 1. The lowest BCUT2D eigenvalue weighted by Crippen LogP contribution is -2.42. The average molecular weight is 266 g/mol. The molecule has 0 fully saturated rings. The first-order valence-corrected chi connectivity index (χ1v) is 5.99. The van der Waals surface area contributed by atoms with Gasteiger partial charge in [0.15, 0.2) is 0 Å². The summed E-state index contributed by atoms with van der Waals surface area (Å²) in [6.07, 6.45) is 0. The van der Waals surface area contributed by atoms with Gasteiger partial charge in [-0.15, -0.1) is 0 Å². The van der Waals surface area contributed by atoms with Gasteiger partial charge in [0.1, 0.15) is 0 Å². The molecule has 0 bridgehead atoms. The van der Waals surface area contributed by atoms with E-state index in [0.717, 1.165) is 0 Å². The zero-order chi connectivity index (χ0) is 14.1. The van der Waals surface area contributed by atoms with Crippen LogP contribution in [0, 0.1) is 0 Å². The number of para-hydroxylation sites is 2. The highest BCUT2D eigenvalue weighted by Gasteiger charge is 2.37. The van der Waals surface area contributed by atoms with Crippen LogP contribution < -0.4 is 4.90 Å². The lowest BCUT2D eigenvalue weighted by molar-refractivity contribution is -0.112. The van der Waals surface area contributed by atoms with Crippen molar-refractivity contribution in [2.75, 3.05) is 4.90 Å². The summed E-state index contributed by atoms with van der Waals surface area (Å²) >= 11 is 0. The lowest BCUT2D eigenvalue weighted by atomic mass is 9.97. The summed E-state index contributed by atoms with van der Waals surface area (Å²) in [6.45, 7) is 0. The third-order valence-corrected chi connectivity index (χ3v) is 3.12. The molecule has 20 heavy (non-hydrogen) atoms. The molecule has 1 aliphatic heterocycles. The number of ketones is 1. The van der Waals surface area contributed by atoms with Gasteiger partial charge in [-0.2, -0.15) is 0 Å². The van der Waals surface area contributed by atoms with E-state index in [4.69, 9.17) is 5.21 Å². The molecular weight excluding hydrogens is 256 g/mol. The smallest absolute Gasteiger partial charge is 0.289 e. The summed E-state index contributed by atoms with van der Waals surface area (Å²) in [5.41, 5.74) is 0.955. The van der Waals surface area contributed by atoms with Gasteiger partial charge in [-0.3, -0.25) is 14.5 Å². The predicted octanol–water partition coefficient (Wildman–Crippen LogP) is 2.38. The molecule has 1 amide bonds. The maximum atomic E-state index is 12.3. The molecule has 0 spiro atoms. The van der Waals surface area contributed by atoms with Crippen LogP contribution in [0.25, 0.3) is 0 Å². The van der Waals surface area contributed by atoms with Gasteiger partial charge in [-0.05, 0) is 24.3 Å². The molecule has 0 aromatic heterocycles. The van der Waals surface area contributed by atoms with E-state index in [2.05, 4.69) is 5.16 Å². The van der Waals surface area contributed by atoms with Crippen LogP contribution in [0.5, 0.6) is 0 Å². The monoisotopic (exact) mass is 266 g/mol. The van der Waals surface area contributed by atoms with Crippen molar-refractivity contribution in [3.8, 4) is 0 Å². The first kappa shape index (κ1) is 12.1. The van der Waals surface area contributed by atoms with Crippen molar-refractivity contribution < 1.29 is 14.8 Å². The van der Waals surface area contributed by atoms with Gasteiger partial charge in [0, 0.05) is 11.3 Å². The number of amides is 1. The standard InChI is InChI=1S/C15H10N2O3/c18-14-11-8-4-5-9-12(11)17(15(19)13(14)16-20)10-6-2-1-3-7-10/h1-9,20H. The Kier molecular flexibility index (Phi) is 2.80. The third kappa shape index (κ3) is 1.68. The SMILES string of the molecule is O=C1C(=NO)C(=O)N(c2ccccc2)c2ccccc21. The molecule has 1 heterocycles. The van der Waals surface area contributed by atoms with Crippen LogP contribution in [-0.4, -0.2) is 22.6 Å². The molecule has 1 aliphatic rings. The van der Waals surface area contributed by atoms with E-state index in [9.17, 15) is 9.59 Å². The van der Waals surface area contributed by atoms with Crippen molar-refractivity contribution in [3.63, 3.8) is 0 Å². The predicted molar refractivity (Wildman–Crippen MR) is 73.6 cm³/mol. The second-order valence-corrected chi connectivity index (χ2v) is 4.27. The number of Topliss-reactive ketones (excluding diaryl/α,β-unsaturated/α-hetero) is 1. The number of fused-ring (bicyclic) bond motifs is 1. The molecule has 98 valence electrons. The topological polar surface area (TPSA) is 70.0 Å². The van der Waals surface area contributed by atoms with Crippen LogP contribution in [0.2, 0.25) is 0 Å². The Hall–Kier alpha value is -2.95. The largest absolute Gasteiger partial charge is 0.410 e. The number of hydrogen-bond donors (Lipinski definition) is 1. The Bertz CT molecular complexity index is 723. The quantitative estimate of drug-likeness (QED) is 0.636. The zero-order valence-corrected chi connectivity index (χ0v) is 10.4. The molecular formula is C15H10N2O3. The minimum atomic E-state index is -0.637. The van der Waals surface area contributed by atoms with E-state index < -0.39 is 17.4 Å². The van der Waals surface area contributed by atoms with Crippen LogP contribution in [0.4, 0.5) is 11.4 Å². The highest BCUT2D eigenvalue weighted by Crippen LogP contribution is 2.32. The van der Waals surface area contributed by atoms with Gasteiger partial charge in [0.05, 0.1) is 5.69 Å². The fraction of sp³-hybridized carbons (Fsp3) is 0. The number of carbonyl (C=O) groups is 2. The summed E-state index contributed by atoms with van der Waals surface area (Å²) in [5.74, 6) is -1.21. The van der Waals surface area contributed by atoms with Crippen molar-refractivity contribution in [2.45, 2.75) is 0 Å². The molecule has 5 heteroatoms. The minimum absolute atomic E-state index is 0.337. The summed E-state index contributed by atoms with van der Waals surface area (Å²) < 4.78 is 0. The molecule has 0 unspecified atom stereocenters. The molecule has 5 nitrogen and oxygen atoms in total. The molecule has 2 aromatic rings. The Morgan fingerprint density at radius 1 is 0.900 bits per heavy atom. The maximum Gasteiger partial charge on any atom is 0.289 e. The van der Waals surface area contributed by atoms with E-state index >= 15 is 0 Å². The Morgan fingerprint density at radius 3 is 2.25 bits per heavy atom. The van der Waals surface area contributed by atoms with E-state index in [1.165, 1.54) is 4.90 Å². The number of carbonyl (C=O) groups excluding carboxylic acids is 2. The summed E-state index contributed by atoms with van der Waals surface area (Å²) in [4.78, 5) is 25.8. The first-order valence-electron chi connectivity index (χ1n) is 5.99. The number of nitrogens with zero attached hydrogens (tertiary/aromatic N) is 2.